The smallest absolute Gasteiger partial charge is 0.335 e. The Morgan fingerprint density at radius 1 is 1.03 bits per heavy atom. The standard InChI is InChI=1S/C27H24O3/c1-3-18-30-25-16-17-26(22-12-8-20(2)9-13-22)24(19-25)7-5-4-6-21-10-14-23(15-11-21)27(28)29/h5,7-17,19H,3,18H2,1-2H3,(H,28,29). The average molecular weight is 396 g/mol. The van der Waals surface area contributed by atoms with Crippen LogP contribution in [0.3, 0.4) is 0 Å². The molecular formula is C27H24O3. The van der Waals surface area contributed by atoms with E-state index in [2.05, 4.69) is 56.0 Å². The monoisotopic (exact) mass is 396 g/mol. The van der Waals surface area contributed by atoms with Crippen LogP contribution in [-0.2, 0) is 0 Å². The summed E-state index contributed by atoms with van der Waals surface area (Å²) in [4.78, 5) is 10.9. The van der Waals surface area contributed by atoms with Crippen LogP contribution in [0.5, 0.6) is 5.75 Å². The lowest BCUT2D eigenvalue weighted by molar-refractivity contribution is 0.0697. The van der Waals surface area contributed by atoms with Crippen molar-refractivity contribution in [1.29, 1.82) is 0 Å². The molecule has 0 spiro atoms. The number of aromatic carboxylic acids is 1. The van der Waals surface area contributed by atoms with Crippen molar-refractivity contribution in [2.45, 2.75) is 20.3 Å². The van der Waals surface area contributed by atoms with Crippen LogP contribution in [0.1, 0.15) is 40.4 Å². The molecule has 3 aromatic carbocycles. The predicted molar refractivity (Wildman–Crippen MR) is 122 cm³/mol. The third kappa shape index (κ3) is 5.62. The molecule has 3 nitrogen and oxygen atoms in total. The minimum absolute atomic E-state index is 0.253. The molecular weight excluding hydrogens is 372 g/mol. The first-order chi connectivity index (χ1) is 14.6. The Labute approximate surface area is 177 Å². The summed E-state index contributed by atoms with van der Waals surface area (Å²) in [6.45, 7) is 4.84. The van der Waals surface area contributed by atoms with E-state index in [-0.39, 0.29) is 5.56 Å². The van der Waals surface area contributed by atoms with E-state index in [1.165, 1.54) is 5.56 Å². The van der Waals surface area contributed by atoms with Gasteiger partial charge in [-0.15, -0.1) is 0 Å². The van der Waals surface area contributed by atoms with Crippen LogP contribution in [0.2, 0.25) is 0 Å². The van der Waals surface area contributed by atoms with Crippen molar-refractivity contribution in [3.8, 4) is 28.7 Å². The van der Waals surface area contributed by atoms with Gasteiger partial charge in [-0.25, -0.2) is 4.79 Å². The molecule has 0 saturated carbocycles. The molecule has 150 valence electrons. The number of aryl methyl sites for hydroxylation is 1. The van der Waals surface area contributed by atoms with Gasteiger partial charge in [-0.05, 0) is 78.6 Å². The summed E-state index contributed by atoms with van der Waals surface area (Å²) < 4.78 is 5.79. The van der Waals surface area contributed by atoms with Crippen molar-refractivity contribution in [2.24, 2.45) is 0 Å². The summed E-state index contributed by atoms with van der Waals surface area (Å²) in [5, 5.41) is 8.97. The van der Waals surface area contributed by atoms with Crippen molar-refractivity contribution < 1.29 is 14.6 Å². The van der Waals surface area contributed by atoms with Crippen LogP contribution in [0.25, 0.3) is 17.2 Å². The van der Waals surface area contributed by atoms with Gasteiger partial charge in [0.2, 0.25) is 0 Å². The van der Waals surface area contributed by atoms with Gasteiger partial charge in [0.25, 0.3) is 0 Å². The van der Waals surface area contributed by atoms with Crippen molar-refractivity contribution in [1.82, 2.24) is 0 Å². The molecule has 0 aliphatic carbocycles. The van der Waals surface area contributed by atoms with Gasteiger partial charge in [-0.2, -0.15) is 0 Å². The van der Waals surface area contributed by atoms with E-state index in [0.717, 1.165) is 34.4 Å². The molecule has 0 aliphatic heterocycles. The summed E-state index contributed by atoms with van der Waals surface area (Å²) in [5.74, 6) is 5.96. The molecule has 3 rings (SSSR count). The third-order valence-electron chi connectivity index (χ3n) is 4.55. The first-order valence-corrected chi connectivity index (χ1v) is 9.92. The molecule has 0 unspecified atom stereocenters. The minimum Gasteiger partial charge on any atom is -0.494 e. The quantitative estimate of drug-likeness (QED) is 0.504. The second-order valence-electron chi connectivity index (χ2n) is 6.95. The molecule has 0 aromatic heterocycles. The van der Waals surface area contributed by atoms with Crippen LogP contribution in [0.4, 0.5) is 0 Å². The number of ether oxygens (including phenoxy) is 1. The zero-order valence-corrected chi connectivity index (χ0v) is 17.2. The summed E-state index contributed by atoms with van der Waals surface area (Å²) in [6.07, 6.45) is 4.74. The molecule has 0 saturated heterocycles. The second kappa shape index (κ2) is 10.1. The first-order valence-electron chi connectivity index (χ1n) is 9.92. The molecule has 30 heavy (non-hydrogen) atoms. The fourth-order valence-electron chi connectivity index (χ4n) is 2.94. The second-order valence-corrected chi connectivity index (χ2v) is 6.95. The van der Waals surface area contributed by atoms with Crippen LogP contribution in [-0.4, -0.2) is 17.7 Å². The zero-order valence-electron chi connectivity index (χ0n) is 17.2. The Kier molecular flexibility index (Phi) is 7.08. The van der Waals surface area contributed by atoms with E-state index in [1.54, 1.807) is 24.3 Å². The average Bonchev–Trinajstić information content (AvgIpc) is 2.76. The van der Waals surface area contributed by atoms with Crippen LogP contribution < -0.4 is 4.74 Å². The van der Waals surface area contributed by atoms with Gasteiger partial charge < -0.3 is 9.84 Å². The van der Waals surface area contributed by atoms with Gasteiger partial charge in [0.05, 0.1) is 12.2 Å². The number of carboxylic acid groups (broad SMARTS) is 1. The Hall–Kier alpha value is -3.77. The molecule has 0 aliphatic rings. The SMILES string of the molecule is CCCOc1ccc(-c2ccc(C)cc2)c(C=CC#Cc2ccc(C(=O)O)cc2)c1. The summed E-state index contributed by atoms with van der Waals surface area (Å²) >= 11 is 0. The van der Waals surface area contributed by atoms with E-state index < -0.39 is 5.97 Å². The summed E-state index contributed by atoms with van der Waals surface area (Å²) in [5.41, 5.74) is 5.52. The van der Waals surface area contributed by atoms with Gasteiger partial charge in [0.15, 0.2) is 0 Å². The lowest BCUT2D eigenvalue weighted by Crippen LogP contribution is -1.95. The van der Waals surface area contributed by atoms with E-state index in [4.69, 9.17) is 9.84 Å². The Balaban J connectivity index is 1.87. The Morgan fingerprint density at radius 2 is 1.77 bits per heavy atom. The van der Waals surface area contributed by atoms with Gasteiger partial charge in [0, 0.05) is 5.56 Å². The van der Waals surface area contributed by atoms with Crippen molar-refractivity contribution >= 4 is 12.0 Å². The topological polar surface area (TPSA) is 46.5 Å². The normalized spacial score (nSPS) is 10.5. The molecule has 0 radical (unpaired) electrons. The highest BCUT2D eigenvalue weighted by molar-refractivity contribution is 5.87. The van der Waals surface area contributed by atoms with Crippen LogP contribution in [0, 0.1) is 18.8 Å². The Morgan fingerprint density at radius 3 is 2.43 bits per heavy atom. The molecule has 0 bridgehead atoms. The molecule has 0 amide bonds. The van der Waals surface area contributed by atoms with E-state index in [1.807, 2.05) is 24.3 Å². The van der Waals surface area contributed by atoms with Crippen molar-refractivity contribution in [3.05, 3.63) is 95.1 Å². The number of hydrogen-bond donors (Lipinski definition) is 1. The number of carboxylic acids is 1. The molecule has 0 atom stereocenters. The minimum atomic E-state index is -0.941. The fraction of sp³-hybridized carbons (Fsp3) is 0.148. The van der Waals surface area contributed by atoms with E-state index >= 15 is 0 Å². The zero-order chi connectivity index (χ0) is 21.3. The highest BCUT2D eigenvalue weighted by Gasteiger charge is 2.05. The molecule has 0 fully saturated rings. The molecule has 3 aromatic rings. The van der Waals surface area contributed by atoms with E-state index in [9.17, 15) is 4.79 Å². The van der Waals surface area contributed by atoms with Gasteiger partial charge >= 0.3 is 5.97 Å². The third-order valence-corrected chi connectivity index (χ3v) is 4.55. The lowest BCUT2D eigenvalue weighted by atomic mass is 9.98. The number of hydrogen-bond acceptors (Lipinski definition) is 2. The highest BCUT2D eigenvalue weighted by Crippen LogP contribution is 2.29. The number of rotatable bonds is 6. The van der Waals surface area contributed by atoms with Crippen LogP contribution in [0.15, 0.2) is 72.8 Å². The van der Waals surface area contributed by atoms with Gasteiger partial charge in [-0.3, -0.25) is 0 Å². The number of allylic oxidation sites excluding steroid dienone is 1. The van der Waals surface area contributed by atoms with E-state index in [0.29, 0.717) is 6.61 Å². The lowest BCUT2D eigenvalue weighted by Gasteiger charge is -2.11. The highest BCUT2D eigenvalue weighted by atomic mass is 16.5. The maximum Gasteiger partial charge on any atom is 0.335 e. The van der Waals surface area contributed by atoms with Crippen LogP contribution >= 0.6 is 0 Å². The summed E-state index contributed by atoms with van der Waals surface area (Å²) in [7, 11) is 0. The molecule has 0 heterocycles. The van der Waals surface area contributed by atoms with Gasteiger partial charge in [-0.1, -0.05) is 54.7 Å². The number of carbonyl (C=O) groups is 1. The number of benzene rings is 3. The first kappa shape index (κ1) is 21.0. The van der Waals surface area contributed by atoms with Crippen molar-refractivity contribution in [3.63, 3.8) is 0 Å². The fourth-order valence-corrected chi connectivity index (χ4v) is 2.94. The molecule has 3 heteroatoms. The predicted octanol–water partition coefficient (Wildman–Crippen LogP) is 6.21. The van der Waals surface area contributed by atoms with Gasteiger partial charge in [0.1, 0.15) is 5.75 Å². The largest absolute Gasteiger partial charge is 0.494 e. The summed E-state index contributed by atoms with van der Waals surface area (Å²) in [6, 6.07) is 21.1. The Bertz CT molecular complexity index is 1100. The maximum atomic E-state index is 10.9. The maximum absolute atomic E-state index is 10.9. The molecule has 1 N–H and O–H groups in total. The van der Waals surface area contributed by atoms with Crippen molar-refractivity contribution in [2.75, 3.05) is 6.61 Å².